The normalized spacial score (nSPS) is 29.1. The Morgan fingerprint density at radius 3 is 2.47 bits per heavy atom. The minimum atomic E-state index is -4.07. The summed E-state index contributed by atoms with van der Waals surface area (Å²) in [7, 11) is -0.648. The summed E-state index contributed by atoms with van der Waals surface area (Å²) >= 11 is 6.42. The van der Waals surface area contributed by atoms with E-state index >= 15 is 0 Å². The summed E-state index contributed by atoms with van der Waals surface area (Å²) in [5.74, 6) is 0.347. The lowest BCUT2D eigenvalue weighted by Gasteiger charge is -2.52. The number of rotatable bonds is 6. The van der Waals surface area contributed by atoms with Crippen LogP contribution in [-0.4, -0.2) is 107 Å². The number of nitrogens with zero attached hydrogens (tertiary/aromatic N) is 3. The fourth-order valence-electron chi connectivity index (χ4n) is 9.17. The van der Waals surface area contributed by atoms with Gasteiger partial charge in [-0.3, -0.25) is 14.6 Å². The predicted molar refractivity (Wildman–Crippen MR) is 221 cm³/mol. The molecule has 2 aromatic rings. The number of aryl methyl sites for hydroxylation is 1. The number of ether oxygens (including phenoxy) is 3. The molecule has 1 saturated heterocycles. The molecule has 0 unspecified atom stereocenters. The first-order valence-corrected chi connectivity index (χ1v) is 22.2. The Kier molecular flexibility index (Phi) is 13.6. The lowest BCUT2D eigenvalue weighted by molar-refractivity contribution is -0.0974. The summed E-state index contributed by atoms with van der Waals surface area (Å²) in [5, 5.41) is -0.117. The number of carbonyl (C=O) groups excluding carboxylic acids is 1. The van der Waals surface area contributed by atoms with Gasteiger partial charge in [0.15, 0.2) is 0 Å². The molecule has 3 aliphatic heterocycles. The summed E-state index contributed by atoms with van der Waals surface area (Å²) < 4.78 is 49.2. The number of allylic oxidation sites excluding steroid dienone is 1. The first kappa shape index (κ1) is 41.9. The Labute approximate surface area is 334 Å². The van der Waals surface area contributed by atoms with Crippen LogP contribution in [0.15, 0.2) is 48.6 Å². The first-order valence-electron chi connectivity index (χ1n) is 20.3. The molecule has 2 fully saturated rings. The maximum Gasteiger partial charge on any atom is 0.264 e. The van der Waals surface area contributed by atoms with Crippen LogP contribution < -0.4 is 14.4 Å². The highest BCUT2D eigenvalue weighted by atomic mass is 35.5. The molecule has 0 radical (unpaired) electrons. The number of carbonyl (C=O) groups is 1. The highest BCUT2D eigenvalue weighted by Crippen LogP contribution is 2.47. The minimum absolute atomic E-state index is 0.125. The van der Waals surface area contributed by atoms with E-state index in [0.29, 0.717) is 29.7 Å². The van der Waals surface area contributed by atoms with Gasteiger partial charge < -0.3 is 19.1 Å². The average molecular weight is 800 g/mol. The molecule has 6 rings (SSSR count). The third kappa shape index (κ3) is 9.90. The molecule has 12 heteroatoms. The van der Waals surface area contributed by atoms with Gasteiger partial charge in [-0.2, -0.15) is 0 Å². The van der Waals surface area contributed by atoms with Crippen molar-refractivity contribution in [1.82, 2.24) is 14.5 Å². The zero-order valence-corrected chi connectivity index (χ0v) is 35.4. The Morgan fingerprint density at radius 2 is 1.78 bits per heavy atom. The SMILES string of the molecule is COCC[C@@H]1[C@@H](C)C/C=C/[C@@](CN2CCN(C(C)(C)C)CC2)(OC)[C@@H]2CC[C@H]2CN2CCCCc3cc(Cl)ccc3COc3ccc(cc32)C(=O)NS1(=O)=O. The molecule has 5 atom stereocenters. The van der Waals surface area contributed by atoms with Gasteiger partial charge in [0, 0.05) is 82.8 Å². The molecule has 4 aliphatic rings. The summed E-state index contributed by atoms with van der Waals surface area (Å²) in [6.45, 7) is 15.7. The highest BCUT2D eigenvalue weighted by Gasteiger charge is 2.48. The number of nitrogens with one attached hydrogen (secondary N) is 1. The van der Waals surface area contributed by atoms with Crippen LogP contribution in [-0.2, 0) is 32.5 Å². The molecule has 304 valence electrons. The number of halogens is 1. The van der Waals surface area contributed by atoms with Crippen LogP contribution in [0.3, 0.4) is 0 Å². The third-order valence-electron chi connectivity index (χ3n) is 12.7. The molecule has 1 aliphatic carbocycles. The van der Waals surface area contributed by atoms with E-state index in [2.05, 4.69) is 52.3 Å². The number of fused-ring (bicyclic) bond motifs is 3. The molecule has 1 N–H and O–H groups in total. The van der Waals surface area contributed by atoms with Gasteiger partial charge in [0.25, 0.3) is 5.91 Å². The van der Waals surface area contributed by atoms with Crippen molar-refractivity contribution in [2.45, 2.75) is 95.6 Å². The average Bonchev–Trinajstić information content (AvgIpc) is 3.15. The van der Waals surface area contributed by atoms with Gasteiger partial charge in [0.2, 0.25) is 10.0 Å². The van der Waals surface area contributed by atoms with E-state index in [-0.39, 0.29) is 36.0 Å². The molecule has 1 amide bonds. The van der Waals surface area contributed by atoms with Crippen molar-refractivity contribution in [3.05, 3.63) is 70.3 Å². The van der Waals surface area contributed by atoms with Crippen LogP contribution in [0, 0.1) is 17.8 Å². The van der Waals surface area contributed by atoms with E-state index < -0.39 is 26.8 Å². The molecular weight excluding hydrogens is 736 g/mol. The quantitative estimate of drug-likeness (QED) is 0.312. The van der Waals surface area contributed by atoms with Crippen molar-refractivity contribution in [3.8, 4) is 5.75 Å². The van der Waals surface area contributed by atoms with Crippen molar-refractivity contribution in [3.63, 3.8) is 0 Å². The van der Waals surface area contributed by atoms with Crippen LogP contribution in [0.4, 0.5) is 5.69 Å². The van der Waals surface area contributed by atoms with Gasteiger partial charge in [0.05, 0.1) is 10.9 Å². The van der Waals surface area contributed by atoms with E-state index in [4.69, 9.17) is 25.8 Å². The highest BCUT2D eigenvalue weighted by molar-refractivity contribution is 7.90. The minimum Gasteiger partial charge on any atom is -0.487 e. The number of sulfonamides is 1. The Morgan fingerprint density at radius 1 is 1.00 bits per heavy atom. The maximum atomic E-state index is 14.0. The standard InChI is InChI=1S/C43H63ClN4O6S/c1-31-10-9-19-43(53-6,30-46-21-23-48(24-22-46)42(2,3)4)37-16-13-34(37)28-47-20-8-7-11-32-26-36(44)15-12-35(32)29-54-39-17-14-33(27-38(39)47)41(49)45-55(50,51)40(31)18-25-52-5/h9,12,14-15,17,19,26-27,31,34,37,40H,7-8,10-11,13,16,18,20-25,28-30H2,1-6H3,(H,45,49)/b19-9+/t31-,34-,37+,40+,43-/m0/s1. The first-order chi connectivity index (χ1) is 26.2. The Bertz CT molecular complexity index is 1770. The maximum absolute atomic E-state index is 14.0. The van der Waals surface area contributed by atoms with Gasteiger partial charge >= 0.3 is 0 Å². The molecule has 3 heterocycles. The van der Waals surface area contributed by atoms with Crippen LogP contribution in [0.2, 0.25) is 5.02 Å². The van der Waals surface area contributed by atoms with Gasteiger partial charge in [-0.25, -0.2) is 13.1 Å². The molecule has 55 heavy (non-hydrogen) atoms. The van der Waals surface area contributed by atoms with Gasteiger partial charge in [-0.15, -0.1) is 0 Å². The summed E-state index contributed by atoms with van der Waals surface area (Å²) in [6.07, 6.45) is 10.1. The van der Waals surface area contributed by atoms with E-state index in [1.807, 2.05) is 44.4 Å². The number of benzene rings is 2. The van der Waals surface area contributed by atoms with E-state index in [9.17, 15) is 13.2 Å². The number of amides is 1. The fourth-order valence-corrected chi connectivity index (χ4v) is 11.0. The number of piperazine rings is 1. The number of hydrogen-bond donors (Lipinski definition) is 1. The second-order valence-electron chi connectivity index (χ2n) is 17.2. The fraction of sp³-hybridized carbons (Fsp3) is 0.651. The van der Waals surface area contributed by atoms with Crippen molar-refractivity contribution >= 4 is 33.2 Å². The molecular formula is C43H63ClN4O6S. The predicted octanol–water partition coefficient (Wildman–Crippen LogP) is 6.95. The lowest BCUT2D eigenvalue weighted by Crippen LogP contribution is -2.60. The molecule has 0 aromatic heterocycles. The number of methoxy groups -OCH3 is 2. The van der Waals surface area contributed by atoms with Crippen molar-refractivity contribution in [2.75, 3.05) is 71.5 Å². The van der Waals surface area contributed by atoms with Crippen LogP contribution in [0.25, 0.3) is 0 Å². The monoisotopic (exact) mass is 798 g/mol. The van der Waals surface area contributed by atoms with Gasteiger partial charge in [-0.05, 0) is 125 Å². The van der Waals surface area contributed by atoms with E-state index in [0.717, 1.165) is 89.2 Å². The second kappa shape index (κ2) is 17.9. The summed E-state index contributed by atoms with van der Waals surface area (Å²) in [6, 6.07) is 11.3. The number of anilines is 1. The number of hydrogen-bond acceptors (Lipinski definition) is 9. The smallest absolute Gasteiger partial charge is 0.264 e. The van der Waals surface area contributed by atoms with Gasteiger partial charge in [-0.1, -0.05) is 36.7 Å². The zero-order chi connectivity index (χ0) is 39.4. The molecule has 1 saturated carbocycles. The summed E-state index contributed by atoms with van der Waals surface area (Å²) in [4.78, 5) is 21.3. The van der Waals surface area contributed by atoms with E-state index in [1.54, 1.807) is 13.2 Å². The second-order valence-corrected chi connectivity index (χ2v) is 19.6. The van der Waals surface area contributed by atoms with Crippen LogP contribution >= 0.6 is 11.6 Å². The van der Waals surface area contributed by atoms with Crippen molar-refractivity contribution in [2.24, 2.45) is 17.8 Å². The van der Waals surface area contributed by atoms with Crippen molar-refractivity contribution in [1.29, 1.82) is 0 Å². The Hall–Kier alpha value is -2.67. The van der Waals surface area contributed by atoms with E-state index in [1.165, 1.54) is 5.56 Å². The molecule has 10 nitrogen and oxygen atoms in total. The van der Waals surface area contributed by atoms with Crippen molar-refractivity contribution < 1.29 is 27.4 Å². The summed E-state index contributed by atoms with van der Waals surface area (Å²) in [5.41, 5.74) is 2.94. The van der Waals surface area contributed by atoms with Crippen LogP contribution in [0.5, 0.6) is 5.75 Å². The third-order valence-corrected chi connectivity index (χ3v) is 14.9. The molecule has 2 bridgehead atoms. The molecule has 0 spiro atoms. The van der Waals surface area contributed by atoms with Gasteiger partial charge in [0.1, 0.15) is 18.0 Å². The molecule has 2 aromatic carbocycles. The zero-order valence-electron chi connectivity index (χ0n) is 33.8. The largest absolute Gasteiger partial charge is 0.487 e. The topological polar surface area (TPSA) is 101 Å². The lowest BCUT2D eigenvalue weighted by atomic mass is 9.63. The van der Waals surface area contributed by atoms with Crippen LogP contribution in [0.1, 0.15) is 87.7 Å². The Balaban J connectivity index is 1.39.